The van der Waals surface area contributed by atoms with Crippen LogP contribution in [0.15, 0.2) is 24.3 Å². The summed E-state index contributed by atoms with van der Waals surface area (Å²) < 4.78 is 10.5. The minimum Gasteiger partial charge on any atom is -0.497 e. The lowest BCUT2D eigenvalue weighted by molar-refractivity contribution is -0.922. The molecule has 0 bridgehead atoms. The van der Waals surface area contributed by atoms with Crippen molar-refractivity contribution in [3.63, 3.8) is 0 Å². The molecule has 1 aromatic carbocycles. The van der Waals surface area contributed by atoms with Gasteiger partial charge in [0, 0.05) is 5.69 Å². The predicted molar refractivity (Wildman–Crippen MR) is 85.7 cm³/mol. The quantitative estimate of drug-likeness (QED) is 0.691. The molecule has 0 atom stereocenters. The van der Waals surface area contributed by atoms with Crippen LogP contribution in [0.2, 0.25) is 0 Å². The molecule has 23 heavy (non-hydrogen) atoms. The van der Waals surface area contributed by atoms with Gasteiger partial charge < -0.3 is 25.4 Å². The standard InChI is InChI=1S/C15H20N6O2/c1-22-12-4-2-11(3-5-12)17-15-19-13(18-14(16)20-15)10-21-6-8-23-9-7-21/h2-5H,6-10H2,1H3,(H3,16,17,18,19,20)/p+1. The monoisotopic (exact) mass is 317 g/mol. The maximum Gasteiger partial charge on any atom is 0.232 e. The van der Waals surface area contributed by atoms with Gasteiger partial charge in [0.1, 0.15) is 25.4 Å². The van der Waals surface area contributed by atoms with Crippen LogP contribution in [0.25, 0.3) is 0 Å². The summed E-state index contributed by atoms with van der Waals surface area (Å²) in [6.45, 7) is 4.16. The lowest BCUT2D eigenvalue weighted by Gasteiger charge is -2.23. The average Bonchev–Trinajstić information content (AvgIpc) is 2.56. The van der Waals surface area contributed by atoms with Crippen LogP contribution in [0.1, 0.15) is 5.82 Å². The Hall–Kier alpha value is -2.45. The van der Waals surface area contributed by atoms with E-state index in [1.54, 1.807) is 7.11 Å². The van der Waals surface area contributed by atoms with Gasteiger partial charge in [-0.25, -0.2) is 0 Å². The van der Waals surface area contributed by atoms with Crippen molar-refractivity contribution in [2.75, 3.05) is 44.5 Å². The Morgan fingerprint density at radius 3 is 2.61 bits per heavy atom. The first-order valence-electron chi connectivity index (χ1n) is 7.56. The molecular weight excluding hydrogens is 296 g/mol. The summed E-state index contributed by atoms with van der Waals surface area (Å²) in [4.78, 5) is 14.2. The first-order chi connectivity index (χ1) is 11.2. The molecule has 0 unspecified atom stereocenters. The first-order valence-corrected chi connectivity index (χ1v) is 7.56. The number of hydrogen-bond acceptors (Lipinski definition) is 7. The number of ether oxygens (including phenoxy) is 2. The van der Waals surface area contributed by atoms with Crippen molar-refractivity contribution in [2.24, 2.45) is 0 Å². The van der Waals surface area contributed by atoms with Gasteiger partial charge in [0.15, 0.2) is 5.82 Å². The van der Waals surface area contributed by atoms with Crippen molar-refractivity contribution in [3.8, 4) is 5.75 Å². The summed E-state index contributed by atoms with van der Waals surface area (Å²) in [5.41, 5.74) is 6.67. The minimum atomic E-state index is 0.221. The van der Waals surface area contributed by atoms with Crippen molar-refractivity contribution in [1.82, 2.24) is 15.0 Å². The number of benzene rings is 1. The Labute approximate surface area is 134 Å². The van der Waals surface area contributed by atoms with E-state index in [9.17, 15) is 0 Å². The van der Waals surface area contributed by atoms with E-state index in [0.29, 0.717) is 18.3 Å². The Bertz CT molecular complexity index is 643. The highest BCUT2D eigenvalue weighted by molar-refractivity contribution is 5.55. The number of nitrogens with one attached hydrogen (secondary N) is 2. The molecule has 2 heterocycles. The van der Waals surface area contributed by atoms with E-state index in [1.165, 1.54) is 4.90 Å². The first kappa shape index (κ1) is 15.4. The van der Waals surface area contributed by atoms with Crippen LogP contribution in [0.5, 0.6) is 5.75 Å². The molecule has 8 heteroatoms. The summed E-state index contributed by atoms with van der Waals surface area (Å²) >= 11 is 0. The average molecular weight is 317 g/mol. The summed E-state index contributed by atoms with van der Waals surface area (Å²) in [5, 5.41) is 3.14. The highest BCUT2D eigenvalue weighted by Gasteiger charge is 2.17. The predicted octanol–water partition coefficient (Wildman–Crippen LogP) is -0.379. The lowest BCUT2D eigenvalue weighted by atomic mass is 10.3. The fraction of sp³-hybridized carbons (Fsp3) is 0.400. The Kier molecular flexibility index (Phi) is 4.84. The van der Waals surface area contributed by atoms with Crippen LogP contribution in [0.3, 0.4) is 0 Å². The number of rotatable bonds is 5. The number of nitrogen functional groups attached to an aromatic ring is 1. The number of anilines is 3. The molecule has 1 aromatic heterocycles. The summed E-state index contributed by atoms with van der Waals surface area (Å²) in [6.07, 6.45) is 0. The number of nitrogens with two attached hydrogens (primary N) is 1. The summed E-state index contributed by atoms with van der Waals surface area (Å²) in [5.74, 6) is 2.15. The van der Waals surface area contributed by atoms with Crippen LogP contribution < -0.4 is 20.7 Å². The molecule has 1 aliphatic heterocycles. The van der Waals surface area contributed by atoms with E-state index in [4.69, 9.17) is 15.2 Å². The second-order valence-corrected chi connectivity index (χ2v) is 5.33. The van der Waals surface area contributed by atoms with Crippen molar-refractivity contribution in [3.05, 3.63) is 30.1 Å². The second kappa shape index (κ2) is 7.21. The highest BCUT2D eigenvalue weighted by Crippen LogP contribution is 2.18. The largest absolute Gasteiger partial charge is 0.497 e. The van der Waals surface area contributed by atoms with E-state index in [2.05, 4.69) is 20.3 Å². The number of morpholine rings is 1. The second-order valence-electron chi connectivity index (χ2n) is 5.33. The fourth-order valence-electron chi connectivity index (χ4n) is 2.44. The van der Waals surface area contributed by atoms with Gasteiger partial charge in [-0.1, -0.05) is 0 Å². The number of methoxy groups -OCH3 is 1. The van der Waals surface area contributed by atoms with Gasteiger partial charge in [-0.05, 0) is 24.3 Å². The minimum absolute atomic E-state index is 0.221. The van der Waals surface area contributed by atoms with Gasteiger partial charge >= 0.3 is 0 Å². The Morgan fingerprint density at radius 2 is 1.91 bits per heavy atom. The maximum absolute atomic E-state index is 5.81. The van der Waals surface area contributed by atoms with Crippen molar-refractivity contribution >= 4 is 17.6 Å². The normalized spacial score (nSPS) is 15.3. The van der Waals surface area contributed by atoms with E-state index in [1.807, 2.05) is 24.3 Å². The highest BCUT2D eigenvalue weighted by atomic mass is 16.5. The van der Waals surface area contributed by atoms with Gasteiger partial charge in [0.05, 0.1) is 20.3 Å². The molecule has 8 nitrogen and oxygen atoms in total. The molecule has 0 spiro atoms. The van der Waals surface area contributed by atoms with Crippen LogP contribution in [-0.4, -0.2) is 48.4 Å². The summed E-state index contributed by atoms with van der Waals surface area (Å²) in [7, 11) is 1.63. The van der Waals surface area contributed by atoms with Crippen LogP contribution in [0, 0.1) is 0 Å². The molecular formula is C15H21N6O2+. The third kappa shape index (κ3) is 4.27. The zero-order chi connectivity index (χ0) is 16.1. The zero-order valence-electron chi connectivity index (χ0n) is 13.1. The number of hydrogen-bond donors (Lipinski definition) is 3. The fourth-order valence-corrected chi connectivity index (χ4v) is 2.44. The number of quaternary nitrogens is 1. The maximum atomic E-state index is 5.81. The van der Waals surface area contributed by atoms with Gasteiger partial charge in [0.2, 0.25) is 11.9 Å². The topological polar surface area (TPSA) is 99.6 Å². The molecule has 2 aromatic rings. The third-order valence-corrected chi connectivity index (χ3v) is 3.65. The van der Waals surface area contributed by atoms with E-state index >= 15 is 0 Å². The molecule has 3 rings (SSSR count). The van der Waals surface area contributed by atoms with E-state index < -0.39 is 0 Å². The zero-order valence-corrected chi connectivity index (χ0v) is 13.1. The molecule has 0 radical (unpaired) electrons. The lowest BCUT2D eigenvalue weighted by Crippen LogP contribution is -3.12. The van der Waals surface area contributed by atoms with Crippen LogP contribution >= 0.6 is 0 Å². The Morgan fingerprint density at radius 1 is 1.17 bits per heavy atom. The van der Waals surface area contributed by atoms with Crippen molar-refractivity contribution in [1.29, 1.82) is 0 Å². The van der Waals surface area contributed by atoms with Gasteiger partial charge in [-0.3, -0.25) is 0 Å². The van der Waals surface area contributed by atoms with Gasteiger partial charge in [-0.2, -0.15) is 15.0 Å². The smallest absolute Gasteiger partial charge is 0.232 e. The van der Waals surface area contributed by atoms with E-state index in [0.717, 1.165) is 37.7 Å². The van der Waals surface area contributed by atoms with Crippen LogP contribution in [-0.2, 0) is 11.3 Å². The number of aromatic nitrogens is 3. The molecule has 1 fully saturated rings. The molecule has 122 valence electrons. The molecule has 1 saturated heterocycles. The Balaban J connectivity index is 1.71. The molecule has 0 aliphatic carbocycles. The summed E-state index contributed by atoms with van der Waals surface area (Å²) in [6, 6.07) is 7.52. The molecule has 4 N–H and O–H groups in total. The molecule has 0 amide bonds. The van der Waals surface area contributed by atoms with Gasteiger partial charge in [0.25, 0.3) is 0 Å². The van der Waals surface area contributed by atoms with Crippen LogP contribution in [0.4, 0.5) is 17.6 Å². The van der Waals surface area contributed by atoms with Crippen molar-refractivity contribution < 1.29 is 14.4 Å². The van der Waals surface area contributed by atoms with Gasteiger partial charge in [-0.15, -0.1) is 0 Å². The molecule has 0 saturated carbocycles. The van der Waals surface area contributed by atoms with E-state index in [-0.39, 0.29) is 5.95 Å². The molecule has 1 aliphatic rings. The third-order valence-electron chi connectivity index (χ3n) is 3.65. The number of nitrogens with zero attached hydrogens (tertiary/aromatic N) is 3. The van der Waals surface area contributed by atoms with Crippen molar-refractivity contribution in [2.45, 2.75) is 6.54 Å². The SMILES string of the molecule is COc1ccc(Nc2nc(N)nc(C[NH+]3CCOCC3)n2)cc1.